The lowest BCUT2D eigenvalue weighted by Crippen LogP contribution is -2.26. The Bertz CT molecular complexity index is 472. The van der Waals surface area contributed by atoms with E-state index in [2.05, 4.69) is 14.2 Å². The number of esters is 1. The van der Waals surface area contributed by atoms with Gasteiger partial charge in [0, 0.05) is 6.07 Å². The second-order valence-corrected chi connectivity index (χ2v) is 3.16. The third-order valence-electron chi connectivity index (χ3n) is 2.12. The monoisotopic (exact) mass is 246 g/mol. The van der Waals surface area contributed by atoms with Crippen molar-refractivity contribution in [2.24, 2.45) is 0 Å². The van der Waals surface area contributed by atoms with E-state index in [9.17, 15) is 13.6 Å². The molecule has 0 aromatic heterocycles. The fourth-order valence-corrected chi connectivity index (χ4v) is 1.41. The molecule has 0 spiro atoms. The quantitative estimate of drug-likeness (QED) is 0.745. The summed E-state index contributed by atoms with van der Waals surface area (Å²) in [6, 6.07) is 2.43. The van der Waals surface area contributed by atoms with E-state index in [0.717, 1.165) is 7.11 Å². The molecule has 0 saturated carbocycles. The first-order valence-corrected chi connectivity index (χ1v) is 4.53. The Morgan fingerprint density at radius 1 is 1.29 bits per heavy atom. The number of rotatable bonds is 2. The van der Waals surface area contributed by atoms with Crippen LogP contribution in [0.1, 0.15) is 10.4 Å². The fraction of sp³-hybridized carbons (Fsp3) is 0.300. The number of fused-ring (bicyclic) bond motifs is 1. The van der Waals surface area contributed by atoms with Crippen LogP contribution in [0.25, 0.3) is 0 Å². The summed E-state index contributed by atoms with van der Waals surface area (Å²) in [4.78, 5) is 11.4. The predicted octanol–water partition coefficient (Wildman–Crippen LogP) is 1.80. The minimum Gasteiger partial charge on any atom is -0.497 e. The standard InChI is InChI=1S/C10H8F2O5/c1-14-5-3-6(9(13)15-2)8-7(4-5)16-10(11,12)17-8/h3-4H,1-2H3. The Hall–Kier alpha value is -2.05. The summed E-state index contributed by atoms with van der Waals surface area (Å²) in [5, 5.41) is 0. The molecule has 0 saturated heterocycles. The van der Waals surface area contributed by atoms with Gasteiger partial charge in [-0.1, -0.05) is 0 Å². The van der Waals surface area contributed by atoms with E-state index < -0.39 is 12.3 Å². The molecule has 2 rings (SSSR count). The number of ether oxygens (including phenoxy) is 4. The van der Waals surface area contributed by atoms with E-state index in [-0.39, 0.29) is 22.8 Å². The summed E-state index contributed by atoms with van der Waals surface area (Å²) in [7, 11) is 2.46. The first-order valence-electron chi connectivity index (χ1n) is 4.53. The third kappa shape index (κ3) is 1.95. The van der Waals surface area contributed by atoms with Crippen molar-refractivity contribution in [1.29, 1.82) is 0 Å². The maximum Gasteiger partial charge on any atom is 0.586 e. The minimum atomic E-state index is -3.79. The number of carbonyl (C=O) groups is 1. The van der Waals surface area contributed by atoms with Crippen molar-refractivity contribution in [2.75, 3.05) is 14.2 Å². The fourth-order valence-electron chi connectivity index (χ4n) is 1.41. The predicted molar refractivity (Wildman–Crippen MR) is 50.5 cm³/mol. The summed E-state index contributed by atoms with van der Waals surface area (Å²) >= 11 is 0. The summed E-state index contributed by atoms with van der Waals surface area (Å²) in [5.41, 5.74) is -0.181. The average Bonchev–Trinajstić information content (AvgIpc) is 2.60. The van der Waals surface area contributed by atoms with Crippen LogP contribution in [0.5, 0.6) is 17.2 Å². The van der Waals surface area contributed by atoms with Crippen molar-refractivity contribution in [3.8, 4) is 17.2 Å². The molecule has 1 aliphatic rings. The van der Waals surface area contributed by atoms with E-state index >= 15 is 0 Å². The van der Waals surface area contributed by atoms with E-state index in [1.54, 1.807) is 0 Å². The van der Waals surface area contributed by atoms with Gasteiger partial charge in [0.05, 0.1) is 14.2 Å². The number of methoxy groups -OCH3 is 2. The molecule has 1 heterocycles. The van der Waals surface area contributed by atoms with Gasteiger partial charge in [-0.05, 0) is 6.07 Å². The van der Waals surface area contributed by atoms with Crippen molar-refractivity contribution in [2.45, 2.75) is 6.29 Å². The minimum absolute atomic E-state index is 0.181. The zero-order chi connectivity index (χ0) is 12.6. The molecule has 0 bridgehead atoms. The van der Waals surface area contributed by atoms with Crippen molar-refractivity contribution in [3.63, 3.8) is 0 Å². The van der Waals surface area contributed by atoms with Crippen LogP contribution in [-0.2, 0) is 4.74 Å². The Kier molecular flexibility index (Phi) is 2.53. The highest BCUT2D eigenvalue weighted by Crippen LogP contribution is 2.45. The Morgan fingerprint density at radius 2 is 2.00 bits per heavy atom. The van der Waals surface area contributed by atoms with Crippen LogP contribution in [0.15, 0.2) is 12.1 Å². The molecule has 5 nitrogen and oxygen atoms in total. The van der Waals surface area contributed by atoms with Crippen LogP contribution in [0, 0.1) is 0 Å². The van der Waals surface area contributed by atoms with E-state index in [1.807, 2.05) is 0 Å². The first-order chi connectivity index (χ1) is 7.96. The van der Waals surface area contributed by atoms with Gasteiger partial charge >= 0.3 is 12.3 Å². The molecule has 0 N–H and O–H groups in total. The molecular formula is C10H8F2O5. The smallest absolute Gasteiger partial charge is 0.497 e. The average molecular weight is 246 g/mol. The van der Waals surface area contributed by atoms with Crippen LogP contribution in [-0.4, -0.2) is 26.5 Å². The van der Waals surface area contributed by atoms with Crippen molar-refractivity contribution >= 4 is 5.97 Å². The first kappa shape index (κ1) is 11.4. The van der Waals surface area contributed by atoms with Crippen LogP contribution in [0.4, 0.5) is 8.78 Å². The third-order valence-corrected chi connectivity index (χ3v) is 2.12. The molecule has 0 aliphatic carbocycles. The number of hydrogen-bond donors (Lipinski definition) is 0. The molecule has 7 heteroatoms. The number of benzene rings is 1. The van der Waals surface area contributed by atoms with E-state index in [4.69, 9.17) is 4.74 Å². The Labute approximate surface area is 94.8 Å². The van der Waals surface area contributed by atoms with Gasteiger partial charge in [0.2, 0.25) is 0 Å². The van der Waals surface area contributed by atoms with Gasteiger partial charge in [-0.15, -0.1) is 8.78 Å². The number of hydrogen-bond acceptors (Lipinski definition) is 5. The lowest BCUT2D eigenvalue weighted by Gasteiger charge is -2.06. The largest absolute Gasteiger partial charge is 0.586 e. The zero-order valence-electron chi connectivity index (χ0n) is 8.95. The molecule has 0 fully saturated rings. The molecule has 17 heavy (non-hydrogen) atoms. The number of halogens is 2. The molecule has 1 aliphatic heterocycles. The zero-order valence-corrected chi connectivity index (χ0v) is 8.95. The van der Waals surface area contributed by atoms with Crippen molar-refractivity contribution in [3.05, 3.63) is 17.7 Å². The van der Waals surface area contributed by atoms with Gasteiger partial charge < -0.3 is 18.9 Å². The topological polar surface area (TPSA) is 54.0 Å². The van der Waals surface area contributed by atoms with Gasteiger partial charge in [0.15, 0.2) is 11.5 Å². The molecule has 1 aromatic carbocycles. The van der Waals surface area contributed by atoms with Crippen LogP contribution in [0.3, 0.4) is 0 Å². The Balaban J connectivity index is 2.53. The highest BCUT2D eigenvalue weighted by atomic mass is 19.3. The lowest BCUT2D eigenvalue weighted by molar-refractivity contribution is -0.286. The lowest BCUT2D eigenvalue weighted by atomic mass is 10.2. The maximum absolute atomic E-state index is 12.9. The molecule has 0 amide bonds. The molecule has 1 aromatic rings. The van der Waals surface area contributed by atoms with Crippen molar-refractivity contribution < 1.29 is 32.5 Å². The molecular weight excluding hydrogens is 238 g/mol. The molecule has 0 unspecified atom stereocenters. The van der Waals surface area contributed by atoms with E-state index in [0.29, 0.717) is 0 Å². The van der Waals surface area contributed by atoms with Gasteiger partial charge in [-0.2, -0.15) is 0 Å². The summed E-state index contributed by atoms with van der Waals surface area (Å²) < 4.78 is 43.5. The van der Waals surface area contributed by atoms with Gasteiger partial charge in [-0.25, -0.2) is 4.79 Å². The van der Waals surface area contributed by atoms with Crippen LogP contribution in [0.2, 0.25) is 0 Å². The SMILES string of the molecule is COC(=O)c1cc(OC)cc2c1OC(F)(F)O2. The highest BCUT2D eigenvalue weighted by Gasteiger charge is 2.46. The molecule has 0 radical (unpaired) electrons. The second kappa shape index (κ2) is 3.76. The van der Waals surface area contributed by atoms with Gasteiger partial charge in [-0.3, -0.25) is 0 Å². The number of carbonyl (C=O) groups excluding carboxylic acids is 1. The summed E-state index contributed by atoms with van der Waals surface area (Å²) in [5.74, 6) is -1.26. The summed E-state index contributed by atoms with van der Waals surface area (Å²) in [6.45, 7) is 0. The van der Waals surface area contributed by atoms with E-state index in [1.165, 1.54) is 19.2 Å². The highest BCUT2D eigenvalue weighted by molar-refractivity contribution is 5.94. The Morgan fingerprint density at radius 3 is 2.59 bits per heavy atom. The second-order valence-electron chi connectivity index (χ2n) is 3.16. The number of alkyl halides is 2. The summed E-state index contributed by atoms with van der Waals surface area (Å²) in [6.07, 6.45) is -3.79. The van der Waals surface area contributed by atoms with Crippen molar-refractivity contribution in [1.82, 2.24) is 0 Å². The molecule has 0 atom stereocenters. The van der Waals surface area contributed by atoms with Gasteiger partial charge in [0.25, 0.3) is 0 Å². The van der Waals surface area contributed by atoms with Crippen LogP contribution >= 0.6 is 0 Å². The van der Waals surface area contributed by atoms with Crippen LogP contribution < -0.4 is 14.2 Å². The van der Waals surface area contributed by atoms with Gasteiger partial charge in [0.1, 0.15) is 11.3 Å². The normalized spacial score (nSPS) is 15.5. The molecule has 92 valence electrons. The maximum atomic E-state index is 12.9.